The standard InChI is InChI=1S/C14H19F3N2O2/c1-9(2)13(3,4)8-18-11-6-5-10(14(15,16)17)7-12(11)19(20)21/h5-7,9,18H,8H2,1-4H3. The average Bonchev–Trinajstić information content (AvgIpc) is 2.34. The van der Waals surface area contributed by atoms with Gasteiger partial charge in [-0.3, -0.25) is 10.1 Å². The minimum Gasteiger partial charge on any atom is -0.379 e. The Morgan fingerprint density at radius 1 is 1.29 bits per heavy atom. The van der Waals surface area contributed by atoms with Crippen molar-refractivity contribution in [3.63, 3.8) is 0 Å². The van der Waals surface area contributed by atoms with E-state index >= 15 is 0 Å². The van der Waals surface area contributed by atoms with Crippen molar-refractivity contribution < 1.29 is 18.1 Å². The lowest BCUT2D eigenvalue weighted by Gasteiger charge is -2.29. The van der Waals surface area contributed by atoms with Crippen molar-refractivity contribution in [3.05, 3.63) is 33.9 Å². The van der Waals surface area contributed by atoms with Crippen LogP contribution in [0.15, 0.2) is 18.2 Å². The second kappa shape index (κ2) is 5.91. The molecule has 0 bridgehead atoms. The van der Waals surface area contributed by atoms with Gasteiger partial charge in [-0.1, -0.05) is 27.7 Å². The van der Waals surface area contributed by atoms with E-state index in [0.29, 0.717) is 18.5 Å². The Morgan fingerprint density at radius 3 is 2.29 bits per heavy atom. The smallest absolute Gasteiger partial charge is 0.379 e. The predicted octanol–water partition coefficient (Wildman–Crippen LogP) is 4.71. The zero-order chi connectivity index (χ0) is 16.4. The van der Waals surface area contributed by atoms with Crippen LogP contribution in [-0.4, -0.2) is 11.5 Å². The van der Waals surface area contributed by atoms with E-state index in [-0.39, 0.29) is 11.1 Å². The van der Waals surface area contributed by atoms with Gasteiger partial charge in [-0.25, -0.2) is 0 Å². The van der Waals surface area contributed by atoms with E-state index in [2.05, 4.69) is 5.32 Å². The van der Waals surface area contributed by atoms with Crippen LogP contribution in [0.1, 0.15) is 33.3 Å². The van der Waals surface area contributed by atoms with Gasteiger partial charge in [0.15, 0.2) is 0 Å². The largest absolute Gasteiger partial charge is 0.416 e. The molecule has 7 heteroatoms. The van der Waals surface area contributed by atoms with E-state index in [0.717, 1.165) is 12.1 Å². The normalized spacial score (nSPS) is 12.6. The van der Waals surface area contributed by atoms with Crippen molar-refractivity contribution in [2.24, 2.45) is 11.3 Å². The summed E-state index contributed by atoms with van der Waals surface area (Å²) in [6.45, 7) is 8.43. The number of nitrogens with zero attached hydrogens (tertiary/aromatic N) is 1. The second-order valence-electron chi connectivity index (χ2n) is 5.98. The highest BCUT2D eigenvalue weighted by Gasteiger charge is 2.33. The molecule has 0 saturated carbocycles. The third kappa shape index (κ3) is 4.34. The van der Waals surface area contributed by atoms with Crippen LogP contribution in [0.25, 0.3) is 0 Å². The number of halogens is 3. The van der Waals surface area contributed by atoms with Crippen LogP contribution in [0.5, 0.6) is 0 Å². The summed E-state index contributed by atoms with van der Waals surface area (Å²) in [7, 11) is 0. The number of nitro groups is 1. The maximum atomic E-state index is 12.6. The monoisotopic (exact) mass is 304 g/mol. The van der Waals surface area contributed by atoms with E-state index in [1.165, 1.54) is 0 Å². The van der Waals surface area contributed by atoms with E-state index in [1.807, 2.05) is 27.7 Å². The van der Waals surface area contributed by atoms with Crippen LogP contribution in [0.3, 0.4) is 0 Å². The van der Waals surface area contributed by atoms with Gasteiger partial charge in [-0.15, -0.1) is 0 Å². The van der Waals surface area contributed by atoms with Gasteiger partial charge < -0.3 is 5.32 Å². The van der Waals surface area contributed by atoms with Gasteiger partial charge in [-0.2, -0.15) is 13.2 Å². The number of benzene rings is 1. The first-order valence-electron chi connectivity index (χ1n) is 6.54. The molecule has 0 fully saturated rings. The van der Waals surface area contributed by atoms with Crippen LogP contribution in [0, 0.1) is 21.4 Å². The maximum Gasteiger partial charge on any atom is 0.416 e. The maximum absolute atomic E-state index is 12.6. The van der Waals surface area contributed by atoms with Gasteiger partial charge in [0.2, 0.25) is 0 Å². The summed E-state index contributed by atoms with van der Waals surface area (Å²) in [6.07, 6.45) is -4.60. The van der Waals surface area contributed by atoms with E-state index in [9.17, 15) is 23.3 Å². The number of hydrogen-bond acceptors (Lipinski definition) is 3. The Hall–Kier alpha value is -1.79. The van der Waals surface area contributed by atoms with Crippen LogP contribution >= 0.6 is 0 Å². The highest BCUT2D eigenvalue weighted by atomic mass is 19.4. The molecule has 0 amide bonds. The fraction of sp³-hybridized carbons (Fsp3) is 0.571. The summed E-state index contributed by atoms with van der Waals surface area (Å²) >= 11 is 0. The van der Waals surface area contributed by atoms with Gasteiger partial charge in [0.1, 0.15) is 5.69 Å². The average molecular weight is 304 g/mol. The van der Waals surface area contributed by atoms with Crippen molar-refractivity contribution in [3.8, 4) is 0 Å². The molecule has 0 unspecified atom stereocenters. The topological polar surface area (TPSA) is 55.2 Å². The van der Waals surface area contributed by atoms with Gasteiger partial charge in [-0.05, 0) is 23.5 Å². The highest BCUT2D eigenvalue weighted by molar-refractivity contribution is 5.63. The number of anilines is 1. The summed E-state index contributed by atoms with van der Waals surface area (Å²) < 4.78 is 37.8. The highest BCUT2D eigenvalue weighted by Crippen LogP contribution is 2.35. The molecule has 118 valence electrons. The zero-order valence-corrected chi connectivity index (χ0v) is 12.4. The lowest BCUT2D eigenvalue weighted by Crippen LogP contribution is -2.28. The van der Waals surface area contributed by atoms with E-state index in [4.69, 9.17) is 0 Å². The first-order chi connectivity index (χ1) is 9.45. The summed E-state index contributed by atoms with van der Waals surface area (Å²) in [5.74, 6) is 0.318. The Balaban J connectivity index is 3.06. The minimum atomic E-state index is -4.60. The minimum absolute atomic E-state index is 0.0988. The van der Waals surface area contributed by atoms with E-state index < -0.39 is 22.4 Å². The Labute approximate surface area is 121 Å². The molecule has 0 saturated heterocycles. The summed E-state index contributed by atoms with van der Waals surface area (Å²) in [5.41, 5.74) is -1.63. The van der Waals surface area contributed by atoms with Crippen molar-refractivity contribution in [2.75, 3.05) is 11.9 Å². The van der Waals surface area contributed by atoms with Gasteiger partial charge in [0, 0.05) is 12.6 Å². The van der Waals surface area contributed by atoms with Crippen LogP contribution in [-0.2, 0) is 6.18 Å². The van der Waals surface area contributed by atoms with Crippen molar-refractivity contribution in [1.82, 2.24) is 0 Å². The molecular formula is C14H19F3N2O2. The number of rotatable bonds is 5. The summed E-state index contributed by atoms with van der Waals surface area (Å²) in [5, 5.41) is 13.8. The quantitative estimate of drug-likeness (QED) is 0.633. The molecule has 0 spiro atoms. The second-order valence-corrected chi connectivity index (χ2v) is 5.98. The molecule has 0 aromatic heterocycles. The third-order valence-electron chi connectivity index (χ3n) is 3.82. The molecule has 1 aromatic rings. The van der Waals surface area contributed by atoms with Crippen molar-refractivity contribution in [2.45, 2.75) is 33.9 Å². The van der Waals surface area contributed by atoms with Crippen LogP contribution < -0.4 is 5.32 Å². The molecule has 1 aromatic carbocycles. The molecular weight excluding hydrogens is 285 g/mol. The molecule has 0 aliphatic carbocycles. The molecule has 1 rings (SSSR count). The number of nitro benzene ring substituents is 1. The number of alkyl halides is 3. The molecule has 0 heterocycles. The SMILES string of the molecule is CC(C)C(C)(C)CNc1ccc(C(F)(F)F)cc1[N+](=O)[O-]. The van der Waals surface area contributed by atoms with Gasteiger partial charge in [0.25, 0.3) is 5.69 Å². The third-order valence-corrected chi connectivity index (χ3v) is 3.82. The predicted molar refractivity (Wildman–Crippen MR) is 75.2 cm³/mol. The fourth-order valence-electron chi connectivity index (χ4n) is 1.54. The van der Waals surface area contributed by atoms with E-state index in [1.54, 1.807) is 0 Å². The first-order valence-corrected chi connectivity index (χ1v) is 6.54. The van der Waals surface area contributed by atoms with Crippen LogP contribution in [0.2, 0.25) is 0 Å². The Morgan fingerprint density at radius 2 is 1.86 bits per heavy atom. The molecule has 0 aliphatic rings. The number of hydrogen-bond donors (Lipinski definition) is 1. The lowest BCUT2D eigenvalue weighted by atomic mass is 9.81. The van der Waals surface area contributed by atoms with Crippen molar-refractivity contribution >= 4 is 11.4 Å². The molecule has 1 N–H and O–H groups in total. The molecule has 4 nitrogen and oxygen atoms in total. The molecule has 21 heavy (non-hydrogen) atoms. The lowest BCUT2D eigenvalue weighted by molar-refractivity contribution is -0.384. The molecule has 0 atom stereocenters. The van der Waals surface area contributed by atoms with Gasteiger partial charge >= 0.3 is 6.18 Å². The van der Waals surface area contributed by atoms with Crippen LogP contribution in [0.4, 0.5) is 24.5 Å². The summed E-state index contributed by atoms with van der Waals surface area (Å²) in [4.78, 5) is 10.2. The summed E-state index contributed by atoms with van der Waals surface area (Å²) in [6, 6.07) is 2.51. The Kier molecular flexibility index (Phi) is 4.86. The number of nitrogens with one attached hydrogen (secondary N) is 1. The zero-order valence-electron chi connectivity index (χ0n) is 12.4. The molecule has 0 aliphatic heterocycles. The van der Waals surface area contributed by atoms with Gasteiger partial charge in [0.05, 0.1) is 10.5 Å². The molecule has 0 radical (unpaired) electrons. The Bertz CT molecular complexity index is 525. The fourth-order valence-corrected chi connectivity index (χ4v) is 1.54. The first kappa shape index (κ1) is 17.3. The van der Waals surface area contributed by atoms with Crippen molar-refractivity contribution in [1.29, 1.82) is 0 Å².